The van der Waals surface area contributed by atoms with Gasteiger partial charge in [-0.3, -0.25) is 9.78 Å². The standard InChI is InChI=1S/C25H34BN3O3/c1-15(2)12-22(30)20-14-27-21-11-6-16(26)13-19(21)23(20)28-17-7-9-18(10-8-17)29-24(31)32-25(3,4)5/h6,11,13-15,17-18H,7-10,12H2,1-5H3,(H,27,28)(H,29,31). The molecular formula is C25H34BN3O3. The number of alkyl carbamates (subject to hydrolysis) is 1. The Morgan fingerprint density at radius 1 is 1.16 bits per heavy atom. The van der Waals surface area contributed by atoms with Crippen molar-refractivity contribution in [2.45, 2.75) is 84.4 Å². The van der Waals surface area contributed by atoms with Gasteiger partial charge in [0.05, 0.1) is 16.8 Å². The van der Waals surface area contributed by atoms with Gasteiger partial charge in [-0.15, -0.1) is 0 Å². The summed E-state index contributed by atoms with van der Waals surface area (Å²) in [6.45, 7) is 9.65. The Hall–Kier alpha value is -2.57. The summed E-state index contributed by atoms with van der Waals surface area (Å²) in [6.07, 6.45) is 5.23. The number of Topliss-reactive ketones (excluding diaryl/α,β-unsaturated/α-hetero) is 1. The maximum Gasteiger partial charge on any atom is 0.407 e. The lowest BCUT2D eigenvalue weighted by Crippen LogP contribution is -2.42. The third-order valence-corrected chi connectivity index (χ3v) is 5.58. The first-order valence-corrected chi connectivity index (χ1v) is 11.5. The number of anilines is 1. The SMILES string of the molecule is [B]c1ccc2ncc(C(=O)CC(C)C)c(NC3CCC(NC(=O)OC(C)(C)C)CC3)c2c1. The van der Waals surface area contributed by atoms with E-state index in [1.54, 1.807) is 6.20 Å². The second kappa shape index (κ2) is 9.93. The van der Waals surface area contributed by atoms with Crippen molar-refractivity contribution in [3.05, 3.63) is 30.0 Å². The van der Waals surface area contributed by atoms with Crippen LogP contribution >= 0.6 is 0 Å². The van der Waals surface area contributed by atoms with Gasteiger partial charge in [0.25, 0.3) is 0 Å². The average molecular weight is 435 g/mol. The van der Waals surface area contributed by atoms with E-state index in [4.69, 9.17) is 12.6 Å². The Balaban J connectivity index is 1.75. The maximum absolute atomic E-state index is 13.0. The molecule has 0 bridgehead atoms. The predicted molar refractivity (Wildman–Crippen MR) is 130 cm³/mol. The van der Waals surface area contributed by atoms with Gasteiger partial charge in [-0.25, -0.2) is 4.79 Å². The third kappa shape index (κ3) is 6.47. The first kappa shape index (κ1) is 24.1. The van der Waals surface area contributed by atoms with Crippen molar-refractivity contribution in [1.29, 1.82) is 0 Å². The predicted octanol–water partition coefficient (Wildman–Crippen LogP) is 4.51. The second-order valence-corrected chi connectivity index (χ2v) is 10.2. The molecule has 1 amide bonds. The topological polar surface area (TPSA) is 80.3 Å². The summed E-state index contributed by atoms with van der Waals surface area (Å²) in [4.78, 5) is 29.5. The first-order valence-electron chi connectivity index (χ1n) is 11.5. The van der Waals surface area contributed by atoms with Crippen LogP contribution in [-0.2, 0) is 4.74 Å². The van der Waals surface area contributed by atoms with Gasteiger partial charge < -0.3 is 15.4 Å². The Kier molecular flexibility index (Phi) is 7.47. The largest absolute Gasteiger partial charge is 0.444 e. The number of carbonyl (C=O) groups excluding carboxylic acids is 2. The fourth-order valence-electron chi connectivity index (χ4n) is 4.12. The van der Waals surface area contributed by atoms with Crippen molar-refractivity contribution < 1.29 is 14.3 Å². The van der Waals surface area contributed by atoms with Crippen molar-refractivity contribution in [1.82, 2.24) is 10.3 Å². The number of hydrogen-bond acceptors (Lipinski definition) is 5. The molecule has 1 aromatic heterocycles. The number of ether oxygens (including phenoxy) is 1. The fourth-order valence-corrected chi connectivity index (χ4v) is 4.12. The highest BCUT2D eigenvalue weighted by atomic mass is 16.6. The molecule has 0 atom stereocenters. The molecule has 0 saturated heterocycles. The van der Waals surface area contributed by atoms with Crippen LogP contribution in [0.5, 0.6) is 0 Å². The van der Waals surface area contributed by atoms with E-state index < -0.39 is 5.60 Å². The number of benzene rings is 1. The molecule has 1 heterocycles. The van der Waals surface area contributed by atoms with Gasteiger partial charge >= 0.3 is 6.09 Å². The molecule has 0 unspecified atom stereocenters. The number of ketones is 1. The van der Waals surface area contributed by atoms with Crippen LogP contribution in [0.25, 0.3) is 10.9 Å². The van der Waals surface area contributed by atoms with E-state index in [0.29, 0.717) is 17.4 Å². The van der Waals surface area contributed by atoms with Crippen LogP contribution in [0.4, 0.5) is 10.5 Å². The van der Waals surface area contributed by atoms with Crippen LogP contribution in [0.1, 0.15) is 77.1 Å². The van der Waals surface area contributed by atoms with Crippen molar-refractivity contribution >= 4 is 41.8 Å². The van der Waals surface area contributed by atoms with Gasteiger partial charge in [0.2, 0.25) is 0 Å². The van der Waals surface area contributed by atoms with Crippen LogP contribution in [0.3, 0.4) is 0 Å². The number of amides is 1. The van der Waals surface area contributed by atoms with Crippen molar-refractivity contribution in [3.8, 4) is 0 Å². The van der Waals surface area contributed by atoms with Crippen LogP contribution in [0.2, 0.25) is 0 Å². The van der Waals surface area contributed by atoms with E-state index >= 15 is 0 Å². The summed E-state index contributed by atoms with van der Waals surface area (Å²) < 4.78 is 5.37. The Morgan fingerprint density at radius 3 is 2.44 bits per heavy atom. The number of pyridine rings is 1. The van der Waals surface area contributed by atoms with Crippen molar-refractivity contribution in [2.24, 2.45) is 5.92 Å². The highest BCUT2D eigenvalue weighted by molar-refractivity contribution is 6.33. The molecule has 1 aliphatic carbocycles. The first-order chi connectivity index (χ1) is 15.0. The zero-order valence-corrected chi connectivity index (χ0v) is 19.8. The zero-order chi connectivity index (χ0) is 23.5. The van der Waals surface area contributed by atoms with Crippen LogP contribution in [-0.4, -0.2) is 42.4 Å². The molecule has 0 spiro atoms. The number of aromatic nitrogens is 1. The molecule has 0 aliphatic heterocycles. The van der Waals surface area contributed by atoms with Gasteiger partial charge in [0.1, 0.15) is 13.4 Å². The molecule has 2 radical (unpaired) electrons. The molecule has 2 aromatic rings. The Bertz CT molecular complexity index is 976. The smallest absolute Gasteiger partial charge is 0.407 e. The lowest BCUT2D eigenvalue weighted by atomic mass is 9.89. The van der Waals surface area contributed by atoms with E-state index in [2.05, 4.69) is 15.6 Å². The van der Waals surface area contributed by atoms with E-state index in [-0.39, 0.29) is 29.9 Å². The minimum atomic E-state index is -0.508. The number of hydrogen-bond donors (Lipinski definition) is 2. The number of rotatable bonds is 6. The fraction of sp³-hybridized carbons (Fsp3) is 0.560. The number of nitrogens with zero attached hydrogens (tertiary/aromatic N) is 1. The summed E-state index contributed by atoms with van der Waals surface area (Å²) >= 11 is 0. The van der Waals surface area contributed by atoms with E-state index in [0.717, 1.165) is 42.3 Å². The van der Waals surface area contributed by atoms with Gasteiger partial charge in [-0.1, -0.05) is 31.4 Å². The Labute approximate surface area is 192 Å². The molecular weight excluding hydrogens is 401 g/mol. The molecule has 1 fully saturated rings. The average Bonchev–Trinajstić information content (AvgIpc) is 2.67. The molecule has 1 aliphatic rings. The summed E-state index contributed by atoms with van der Waals surface area (Å²) in [5.74, 6) is 0.348. The molecule has 7 heteroatoms. The molecule has 1 saturated carbocycles. The summed E-state index contributed by atoms with van der Waals surface area (Å²) in [7, 11) is 6.05. The lowest BCUT2D eigenvalue weighted by Gasteiger charge is -2.31. The normalized spacial score (nSPS) is 19.1. The van der Waals surface area contributed by atoms with Gasteiger partial charge in [0.15, 0.2) is 5.78 Å². The van der Waals surface area contributed by atoms with Crippen LogP contribution < -0.4 is 16.1 Å². The summed E-state index contributed by atoms with van der Waals surface area (Å²) in [5.41, 5.74) is 2.37. The third-order valence-electron chi connectivity index (χ3n) is 5.58. The van der Waals surface area contributed by atoms with Crippen LogP contribution in [0, 0.1) is 5.92 Å². The molecule has 3 rings (SSSR count). The minimum absolute atomic E-state index is 0.0830. The van der Waals surface area contributed by atoms with Gasteiger partial charge in [0, 0.05) is 30.1 Å². The molecule has 1 aromatic carbocycles. The monoisotopic (exact) mass is 435 g/mol. The van der Waals surface area contributed by atoms with E-state index in [9.17, 15) is 9.59 Å². The molecule has 2 N–H and O–H groups in total. The molecule has 170 valence electrons. The van der Waals surface area contributed by atoms with E-state index in [1.807, 2.05) is 52.8 Å². The summed E-state index contributed by atoms with van der Waals surface area (Å²) in [5, 5.41) is 7.47. The van der Waals surface area contributed by atoms with E-state index in [1.165, 1.54) is 0 Å². The minimum Gasteiger partial charge on any atom is -0.444 e. The maximum atomic E-state index is 13.0. The number of fused-ring (bicyclic) bond motifs is 1. The Morgan fingerprint density at radius 2 is 1.81 bits per heavy atom. The van der Waals surface area contributed by atoms with Crippen molar-refractivity contribution in [3.63, 3.8) is 0 Å². The summed E-state index contributed by atoms with van der Waals surface area (Å²) in [6, 6.07) is 5.88. The van der Waals surface area contributed by atoms with Crippen LogP contribution in [0.15, 0.2) is 24.4 Å². The quantitative estimate of drug-likeness (QED) is 0.516. The highest BCUT2D eigenvalue weighted by Gasteiger charge is 2.26. The number of carbonyl (C=O) groups is 2. The van der Waals surface area contributed by atoms with Gasteiger partial charge in [-0.05, 0) is 58.4 Å². The zero-order valence-electron chi connectivity index (χ0n) is 19.8. The molecule has 6 nitrogen and oxygen atoms in total. The number of nitrogens with one attached hydrogen (secondary N) is 2. The van der Waals surface area contributed by atoms with Crippen molar-refractivity contribution in [2.75, 3.05) is 5.32 Å². The highest BCUT2D eigenvalue weighted by Crippen LogP contribution is 2.31. The lowest BCUT2D eigenvalue weighted by molar-refractivity contribution is 0.0492. The molecule has 32 heavy (non-hydrogen) atoms. The second-order valence-electron chi connectivity index (χ2n) is 10.2. The van der Waals surface area contributed by atoms with Gasteiger partial charge in [-0.2, -0.15) is 0 Å².